The van der Waals surface area contributed by atoms with Gasteiger partial charge in [0.1, 0.15) is 0 Å². The van der Waals surface area contributed by atoms with E-state index in [1.54, 1.807) is 0 Å². The van der Waals surface area contributed by atoms with Crippen LogP contribution in [0.3, 0.4) is 0 Å². The first-order chi connectivity index (χ1) is 11.4. The summed E-state index contributed by atoms with van der Waals surface area (Å²) >= 11 is 0. The van der Waals surface area contributed by atoms with Crippen LogP contribution in [-0.4, -0.2) is 11.8 Å². The van der Waals surface area contributed by atoms with E-state index in [1.165, 1.54) is 6.92 Å². The van der Waals surface area contributed by atoms with Gasteiger partial charge in [0, 0.05) is 13.5 Å². The summed E-state index contributed by atoms with van der Waals surface area (Å²) in [7, 11) is 0. The summed E-state index contributed by atoms with van der Waals surface area (Å²) in [5, 5.41) is 5.77. The van der Waals surface area contributed by atoms with Crippen LogP contribution in [0.25, 0.3) is 0 Å². The van der Waals surface area contributed by atoms with Crippen molar-refractivity contribution >= 4 is 11.8 Å². The Hall–Kier alpha value is -2.62. The quantitative estimate of drug-likeness (QED) is 0.857. The van der Waals surface area contributed by atoms with Crippen LogP contribution in [0.1, 0.15) is 41.6 Å². The van der Waals surface area contributed by atoms with Gasteiger partial charge in [0.05, 0.1) is 12.5 Å². The standard InChI is InChI=1S/C20H24N2O2/c1-14-7-9-18(10-8-14)19(22-16(3)23)12-20(24)21-13-17-6-4-5-15(2)11-17/h4-11,19H,12-13H2,1-3H3,(H,21,24)(H,22,23). The van der Waals surface area contributed by atoms with Crippen molar-refractivity contribution < 1.29 is 9.59 Å². The Morgan fingerprint density at radius 2 is 1.71 bits per heavy atom. The minimum atomic E-state index is -0.319. The normalized spacial score (nSPS) is 11.6. The third-order valence-electron chi connectivity index (χ3n) is 3.82. The van der Waals surface area contributed by atoms with E-state index in [-0.39, 0.29) is 24.3 Å². The molecular formula is C20H24N2O2. The predicted molar refractivity (Wildman–Crippen MR) is 95.4 cm³/mol. The van der Waals surface area contributed by atoms with E-state index in [0.29, 0.717) is 6.54 Å². The Balaban J connectivity index is 1.99. The third-order valence-corrected chi connectivity index (χ3v) is 3.82. The Bertz CT molecular complexity index is 708. The zero-order valence-corrected chi connectivity index (χ0v) is 14.4. The van der Waals surface area contributed by atoms with Crippen molar-refractivity contribution in [1.29, 1.82) is 0 Å². The molecule has 1 unspecified atom stereocenters. The maximum Gasteiger partial charge on any atom is 0.222 e. The minimum absolute atomic E-state index is 0.0872. The fourth-order valence-corrected chi connectivity index (χ4v) is 2.58. The number of nitrogens with one attached hydrogen (secondary N) is 2. The fourth-order valence-electron chi connectivity index (χ4n) is 2.58. The summed E-state index contributed by atoms with van der Waals surface area (Å²) in [5.41, 5.74) is 4.30. The molecule has 0 fully saturated rings. The summed E-state index contributed by atoms with van der Waals surface area (Å²) in [6.45, 7) is 5.98. The Morgan fingerprint density at radius 1 is 1.00 bits per heavy atom. The molecule has 4 nitrogen and oxygen atoms in total. The molecule has 0 saturated carbocycles. The predicted octanol–water partition coefficient (Wildman–Crippen LogP) is 3.19. The first-order valence-corrected chi connectivity index (χ1v) is 8.10. The van der Waals surface area contributed by atoms with Crippen LogP contribution >= 0.6 is 0 Å². The van der Waals surface area contributed by atoms with Crippen LogP contribution < -0.4 is 10.6 Å². The lowest BCUT2D eigenvalue weighted by atomic mass is 10.0. The molecule has 1 atom stereocenters. The zero-order chi connectivity index (χ0) is 17.5. The maximum atomic E-state index is 12.3. The number of rotatable bonds is 6. The van der Waals surface area contributed by atoms with Gasteiger partial charge in [-0.15, -0.1) is 0 Å². The molecule has 0 spiro atoms. The molecule has 0 radical (unpaired) electrons. The van der Waals surface area contributed by atoms with Crippen molar-refractivity contribution in [2.45, 2.75) is 39.8 Å². The molecule has 0 aliphatic rings. The van der Waals surface area contributed by atoms with Gasteiger partial charge in [-0.25, -0.2) is 0 Å². The zero-order valence-electron chi connectivity index (χ0n) is 14.4. The van der Waals surface area contributed by atoms with E-state index >= 15 is 0 Å². The molecule has 0 heterocycles. The van der Waals surface area contributed by atoms with Gasteiger partial charge in [-0.05, 0) is 25.0 Å². The Kier molecular flexibility index (Phi) is 6.13. The molecule has 0 bridgehead atoms. The number of aryl methyl sites for hydroxylation is 2. The monoisotopic (exact) mass is 324 g/mol. The lowest BCUT2D eigenvalue weighted by Crippen LogP contribution is -2.32. The van der Waals surface area contributed by atoms with Gasteiger partial charge >= 0.3 is 0 Å². The summed E-state index contributed by atoms with van der Waals surface area (Å²) in [4.78, 5) is 23.7. The first-order valence-electron chi connectivity index (χ1n) is 8.10. The highest BCUT2D eigenvalue weighted by Gasteiger charge is 2.16. The van der Waals surface area contributed by atoms with Crippen molar-refractivity contribution in [2.24, 2.45) is 0 Å². The van der Waals surface area contributed by atoms with E-state index in [0.717, 1.165) is 22.3 Å². The Labute approximate surface area is 143 Å². The molecule has 2 rings (SSSR count). The second-order valence-electron chi connectivity index (χ2n) is 6.13. The SMILES string of the molecule is CC(=O)NC(CC(=O)NCc1cccc(C)c1)c1ccc(C)cc1. The van der Waals surface area contributed by atoms with Crippen molar-refractivity contribution in [1.82, 2.24) is 10.6 Å². The largest absolute Gasteiger partial charge is 0.352 e. The van der Waals surface area contributed by atoms with E-state index in [1.807, 2.05) is 62.4 Å². The molecular weight excluding hydrogens is 300 g/mol. The third kappa shape index (κ3) is 5.54. The molecule has 126 valence electrons. The summed E-state index contributed by atoms with van der Waals surface area (Å²) in [5.74, 6) is -0.233. The average molecular weight is 324 g/mol. The molecule has 2 aromatic carbocycles. The highest BCUT2D eigenvalue weighted by Crippen LogP contribution is 2.17. The highest BCUT2D eigenvalue weighted by molar-refractivity contribution is 5.79. The van der Waals surface area contributed by atoms with Gasteiger partial charge < -0.3 is 10.6 Å². The van der Waals surface area contributed by atoms with Crippen molar-refractivity contribution in [2.75, 3.05) is 0 Å². The second-order valence-corrected chi connectivity index (χ2v) is 6.13. The van der Waals surface area contributed by atoms with Gasteiger partial charge in [0.25, 0.3) is 0 Å². The molecule has 2 N–H and O–H groups in total. The van der Waals surface area contributed by atoms with E-state index in [4.69, 9.17) is 0 Å². The van der Waals surface area contributed by atoms with Crippen LogP contribution in [0.2, 0.25) is 0 Å². The number of hydrogen-bond acceptors (Lipinski definition) is 2. The van der Waals surface area contributed by atoms with Crippen LogP contribution in [-0.2, 0) is 16.1 Å². The van der Waals surface area contributed by atoms with Crippen molar-refractivity contribution in [3.8, 4) is 0 Å². The number of hydrogen-bond donors (Lipinski definition) is 2. The number of carbonyl (C=O) groups is 2. The maximum absolute atomic E-state index is 12.3. The van der Waals surface area contributed by atoms with Crippen LogP contribution in [0, 0.1) is 13.8 Å². The van der Waals surface area contributed by atoms with Crippen molar-refractivity contribution in [3.63, 3.8) is 0 Å². The molecule has 0 aliphatic heterocycles. The van der Waals surface area contributed by atoms with E-state index < -0.39 is 0 Å². The number of amides is 2. The summed E-state index contributed by atoms with van der Waals surface area (Å²) in [6, 6.07) is 15.6. The molecule has 24 heavy (non-hydrogen) atoms. The Morgan fingerprint density at radius 3 is 2.33 bits per heavy atom. The van der Waals surface area contributed by atoms with Gasteiger partial charge in [0.2, 0.25) is 11.8 Å². The molecule has 2 amide bonds. The highest BCUT2D eigenvalue weighted by atomic mass is 16.2. The van der Waals surface area contributed by atoms with Gasteiger partial charge in [0.15, 0.2) is 0 Å². The molecule has 0 aliphatic carbocycles. The number of benzene rings is 2. The summed E-state index contributed by atoms with van der Waals surface area (Å²) in [6.07, 6.45) is 0.217. The van der Waals surface area contributed by atoms with Crippen molar-refractivity contribution in [3.05, 3.63) is 70.8 Å². The van der Waals surface area contributed by atoms with Crippen LogP contribution in [0.4, 0.5) is 0 Å². The lowest BCUT2D eigenvalue weighted by molar-refractivity contribution is -0.122. The van der Waals surface area contributed by atoms with Gasteiger partial charge in [-0.3, -0.25) is 9.59 Å². The molecule has 4 heteroatoms. The van der Waals surface area contributed by atoms with Gasteiger partial charge in [-0.2, -0.15) is 0 Å². The summed E-state index contributed by atoms with van der Waals surface area (Å²) < 4.78 is 0. The number of carbonyl (C=O) groups excluding carboxylic acids is 2. The fraction of sp³-hybridized carbons (Fsp3) is 0.300. The minimum Gasteiger partial charge on any atom is -0.352 e. The molecule has 2 aromatic rings. The average Bonchev–Trinajstić information content (AvgIpc) is 2.53. The first kappa shape index (κ1) is 17.7. The lowest BCUT2D eigenvalue weighted by Gasteiger charge is -2.18. The second kappa shape index (κ2) is 8.29. The van der Waals surface area contributed by atoms with Crippen LogP contribution in [0.15, 0.2) is 48.5 Å². The molecule has 0 aromatic heterocycles. The van der Waals surface area contributed by atoms with Gasteiger partial charge in [-0.1, -0.05) is 59.7 Å². The van der Waals surface area contributed by atoms with E-state index in [9.17, 15) is 9.59 Å². The topological polar surface area (TPSA) is 58.2 Å². The molecule has 0 saturated heterocycles. The van der Waals surface area contributed by atoms with Crippen LogP contribution in [0.5, 0.6) is 0 Å². The van der Waals surface area contributed by atoms with E-state index in [2.05, 4.69) is 10.6 Å². The smallest absolute Gasteiger partial charge is 0.222 e.